The van der Waals surface area contributed by atoms with Crippen molar-refractivity contribution in [1.82, 2.24) is 20.4 Å². The molecule has 27 heavy (non-hydrogen) atoms. The minimum Gasteiger partial charge on any atom is -0.357 e. The van der Waals surface area contributed by atoms with E-state index in [9.17, 15) is 4.39 Å². The highest BCUT2D eigenvalue weighted by Gasteiger charge is 2.45. The van der Waals surface area contributed by atoms with E-state index in [0.29, 0.717) is 12.6 Å². The summed E-state index contributed by atoms with van der Waals surface area (Å²) in [6, 6.07) is 7.60. The number of guanidine groups is 1. The zero-order chi connectivity index (χ0) is 19.3. The zero-order valence-electron chi connectivity index (χ0n) is 17.0. The van der Waals surface area contributed by atoms with E-state index < -0.39 is 0 Å². The lowest BCUT2D eigenvalue weighted by Gasteiger charge is -2.36. The Hall–Kier alpha value is -1.66. The third-order valence-corrected chi connectivity index (χ3v) is 5.91. The molecule has 1 aliphatic heterocycles. The quantitative estimate of drug-likeness (QED) is 0.565. The molecule has 0 spiro atoms. The van der Waals surface area contributed by atoms with Crippen LogP contribution in [0.5, 0.6) is 0 Å². The molecule has 2 fully saturated rings. The predicted molar refractivity (Wildman–Crippen MR) is 110 cm³/mol. The van der Waals surface area contributed by atoms with Crippen LogP contribution in [0.3, 0.4) is 0 Å². The largest absolute Gasteiger partial charge is 0.357 e. The van der Waals surface area contributed by atoms with E-state index in [2.05, 4.69) is 41.3 Å². The van der Waals surface area contributed by atoms with Gasteiger partial charge in [-0.25, -0.2) is 4.39 Å². The minimum absolute atomic E-state index is 0.105. The molecule has 1 aliphatic carbocycles. The summed E-state index contributed by atoms with van der Waals surface area (Å²) in [5.41, 5.74) is 0.701. The minimum atomic E-state index is -0.114. The van der Waals surface area contributed by atoms with Crippen molar-refractivity contribution in [3.05, 3.63) is 35.6 Å². The van der Waals surface area contributed by atoms with E-state index in [1.54, 1.807) is 12.1 Å². The first-order chi connectivity index (χ1) is 13.0. The molecule has 1 heterocycles. The number of piperazine rings is 1. The standard InChI is InChI=1S/C21H34FN5/c1-4-23-20(24-15-17(2)27-13-11-26(3)12-14-27)25-16-21(9-10-21)18-7-5-6-8-19(18)22/h5-8,17H,4,9-16H2,1-3H3,(H2,23,24,25). The Morgan fingerprint density at radius 3 is 2.52 bits per heavy atom. The maximum absolute atomic E-state index is 14.2. The predicted octanol–water partition coefficient (Wildman–Crippen LogP) is 2.05. The SMILES string of the molecule is CCNC(=NCC1(c2ccccc2F)CC1)NCC(C)N1CCN(C)CC1. The number of nitrogens with zero attached hydrogens (tertiary/aromatic N) is 3. The monoisotopic (exact) mass is 375 g/mol. The average molecular weight is 376 g/mol. The third-order valence-electron chi connectivity index (χ3n) is 5.91. The van der Waals surface area contributed by atoms with Gasteiger partial charge in [0.05, 0.1) is 6.54 Å². The summed E-state index contributed by atoms with van der Waals surface area (Å²) in [7, 11) is 2.18. The van der Waals surface area contributed by atoms with Crippen LogP contribution in [0.1, 0.15) is 32.3 Å². The summed E-state index contributed by atoms with van der Waals surface area (Å²) >= 11 is 0. The summed E-state index contributed by atoms with van der Waals surface area (Å²) in [5.74, 6) is 0.730. The van der Waals surface area contributed by atoms with Gasteiger partial charge in [-0.3, -0.25) is 9.89 Å². The van der Waals surface area contributed by atoms with Gasteiger partial charge < -0.3 is 15.5 Å². The summed E-state index contributed by atoms with van der Waals surface area (Å²) in [6.45, 7) is 11.1. The maximum Gasteiger partial charge on any atom is 0.191 e. The molecule has 1 unspecified atom stereocenters. The molecule has 150 valence electrons. The maximum atomic E-state index is 14.2. The number of likely N-dealkylation sites (N-methyl/N-ethyl adjacent to an activating group) is 1. The van der Waals surface area contributed by atoms with Gasteiger partial charge in [0.15, 0.2) is 5.96 Å². The first kappa shape index (κ1) is 20.1. The van der Waals surface area contributed by atoms with Crippen LogP contribution in [0.25, 0.3) is 0 Å². The Labute approximate surface area is 163 Å². The molecule has 6 heteroatoms. The van der Waals surface area contributed by atoms with Gasteiger partial charge in [-0.2, -0.15) is 0 Å². The lowest BCUT2D eigenvalue weighted by Crippen LogP contribution is -2.52. The van der Waals surface area contributed by atoms with Crippen molar-refractivity contribution in [3.63, 3.8) is 0 Å². The van der Waals surface area contributed by atoms with Gasteiger partial charge >= 0.3 is 0 Å². The zero-order valence-corrected chi connectivity index (χ0v) is 17.0. The molecule has 1 atom stereocenters. The lowest BCUT2D eigenvalue weighted by molar-refractivity contribution is 0.120. The van der Waals surface area contributed by atoms with Crippen molar-refractivity contribution >= 4 is 5.96 Å². The van der Waals surface area contributed by atoms with Crippen molar-refractivity contribution in [2.45, 2.75) is 38.1 Å². The van der Waals surface area contributed by atoms with E-state index in [1.165, 1.54) is 0 Å². The molecule has 1 saturated carbocycles. The van der Waals surface area contributed by atoms with E-state index >= 15 is 0 Å². The van der Waals surface area contributed by atoms with Crippen molar-refractivity contribution in [3.8, 4) is 0 Å². The van der Waals surface area contributed by atoms with Crippen molar-refractivity contribution < 1.29 is 4.39 Å². The van der Waals surface area contributed by atoms with Crippen molar-refractivity contribution in [2.24, 2.45) is 4.99 Å². The Bertz CT molecular complexity index is 635. The molecule has 3 rings (SSSR count). The molecule has 0 bridgehead atoms. The number of hydrogen-bond acceptors (Lipinski definition) is 3. The summed E-state index contributed by atoms with van der Waals surface area (Å²) in [4.78, 5) is 9.70. The molecule has 0 amide bonds. The van der Waals surface area contributed by atoms with Crippen LogP contribution in [0.15, 0.2) is 29.3 Å². The number of nitrogens with one attached hydrogen (secondary N) is 2. The van der Waals surface area contributed by atoms with Gasteiger partial charge in [-0.05, 0) is 45.4 Å². The third kappa shape index (κ3) is 5.20. The highest BCUT2D eigenvalue weighted by Crippen LogP contribution is 2.49. The van der Waals surface area contributed by atoms with Crippen LogP contribution in [-0.4, -0.2) is 74.7 Å². The number of halogens is 1. The molecule has 1 aromatic carbocycles. The molecule has 0 aromatic heterocycles. The second-order valence-corrected chi connectivity index (χ2v) is 8.02. The molecule has 5 nitrogen and oxygen atoms in total. The average Bonchev–Trinajstić information content (AvgIpc) is 3.45. The van der Waals surface area contributed by atoms with Crippen molar-refractivity contribution in [2.75, 3.05) is 52.9 Å². The summed E-state index contributed by atoms with van der Waals surface area (Å²) in [5, 5.41) is 6.82. The van der Waals surface area contributed by atoms with Gasteiger partial charge in [0.2, 0.25) is 0 Å². The van der Waals surface area contributed by atoms with Crippen LogP contribution in [0.2, 0.25) is 0 Å². The van der Waals surface area contributed by atoms with Gasteiger partial charge in [-0.1, -0.05) is 18.2 Å². The first-order valence-corrected chi connectivity index (χ1v) is 10.2. The second-order valence-electron chi connectivity index (χ2n) is 8.02. The number of benzene rings is 1. The molecule has 1 aromatic rings. The number of hydrogen-bond donors (Lipinski definition) is 2. The molecule has 2 aliphatic rings. The van der Waals surface area contributed by atoms with Crippen LogP contribution in [-0.2, 0) is 5.41 Å². The van der Waals surface area contributed by atoms with Gasteiger partial charge in [0, 0.05) is 50.7 Å². The van der Waals surface area contributed by atoms with Crippen molar-refractivity contribution in [1.29, 1.82) is 0 Å². The second kappa shape index (κ2) is 9.02. The van der Waals surface area contributed by atoms with E-state index in [0.717, 1.165) is 63.6 Å². The fraction of sp³-hybridized carbons (Fsp3) is 0.667. The highest BCUT2D eigenvalue weighted by atomic mass is 19.1. The van der Waals surface area contributed by atoms with E-state index in [4.69, 9.17) is 4.99 Å². The van der Waals surface area contributed by atoms with E-state index in [1.807, 2.05) is 12.1 Å². The molecular formula is C21H34FN5. The fourth-order valence-electron chi connectivity index (χ4n) is 3.76. The van der Waals surface area contributed by atoms with Crippen LogP contribution >= 0.6 is 0 Å². The van der Waals surface area contributed by atoms with E-state index in [-0.39, 0.29) is 11.2 Å². The fourth-order valence-corrected chi connectivity index (χ4v) is 3.76. The Morgan fingerprint density at radius 2 is 1.89 bits per heavy atom. The Morgan fingerprint density at radius 1 is 1.19 bits per heavy atom. The summed E-state index contributed by atoms with van der Waals surface area (Å²) in [6.07, 6.45) is 2.02. The first-order valence-electron chi connectivity index (χ1n) is 10.2. The number of aliphatic imine (C=N–C) groups is 1. The Balaban J connectivity index is 1.56. The normalized spacial score (nSPS) is 21.7. The molecule has 2 N–H and O–H groups in total. The molecule has 1 saturated heterocycles. The highest BCUT2D eigenvalue weighted by molar-refractivity contribution is 5.79. The lowest BCUT2D eigenvalue weighted by atomic mass is 9.95. The molecular weight excluding hydrogens is 341 g/mol. The topological polar surface area (TPSA) is 42.9 Å². The van der Waals surface area contributed by atoms with Crippen LogP contribution in [0.4, 0.5) is 4.39 Å². The van der Waals surface area contributed by atoms with Gasteiger partial charge in [-0.15, -0.1) is 0 Å². The van der Waals surface area contributed by atoms with Crippen LogP contribution in [0, 0.1) is 5.82 Å². The van der Waals surface area contributed by atoms with Crippen LogP contribution < -0.4 is 10.6 Å². The number of rotatable bonds is 7. The molecule has 0 radical (unpaired) electrons. The van der Waals surface area contributed by atoms with Gasteiger partial charge in [0.25, 0.3) is 0 Å². The van der Waals surface area contributed by atoms with Gasteiger partial charge in [0.1, 0.15) is 5.82 Å². The smallest absolute Gasteiger partial charge is 0.191 e. The Kier molecular flexibility index (Phi) is 6.71. The summed E-state index contributed by atoms with van der Waals surface area (Å²) < 4.78 is 14.2.